The van der Waals surface area contributed by atoms with E-state index >= 15 is 0 Å². The molecule has 0 aliphatic heterocycles. The third kappa shape index (κ3) is 3.91. The van der Waals surface area contributed by atoms with Crippen LogP contribution in [0.4, 0.5) is 0 Å². The molecular formula is C23H21ClN4O2S2. The second kappa shape index (κ2) is 8.84. The molecule has 1 atom stereocenters. The SMILES string of the molecule is C=CCn1c(SCc2nnc(-c3ccccc3Cl)o2)nc2sc3c(c2c1=O)CC[C@@H](C)C3. The summed E-state index contributed by atoms with van der Waals surface area (Å²) < 4.78 is 7.50. The van der Waals surface area contributed by atoms with Crippen LogP contribution in [0.25, 0.3) is 21.7 Å². The third-order valence-corrected chi connectivity index (χ3v) is 8.03. The van der Waals surface area contributed by atoms with Gasteiger partial charge in [-0.1, -0.05) is 48.5 Å². The number of nitrogens with zero attached hydrogens (tertiary/aromatic N) is 4. The summed E-state index contributed by atoms with van der Waals surface area (Å²) in [6.07, 6.45) is 4.80. The maximum Gasteiger partial charge on any atom is 0.263 e. The molecule has 0 bridgehead atoms. The van der Waals surface area contributed by atoms with Crippen LogP contribution in [0.1, 0.15) is 29.7 Å². The summed E-state index contributed by atoms with van der Waals surface area (Å²) in [5.74, 6) is 1.86. The van der Waals surface area contributed by atoms with E-state index in [0.717, 1.165) is 29.5 Å². The molecule has 1 aliphatic rings. The fraction of sp³-hybridized carbons (Fsp3) is 0.304. The zero-order valence-electron chi connectivity index (χ0n) is 17.5. The van der Waals surface area contributed by atoms with E-state index in [4.69, 9.17) is 21.0 Å². The lowest BCUT2D eigenvalue weighted by Crippen LogP contribution is -2.23. The van der Waals surface area contributed by atoms with Gasteiger partial charge in [0, 0.05) is 11.4 Å². The molecule has 6 nitrogen and oxygen atoms in total. The van der Waals surface area contributed by atoms with Gasteiger partial charge in [0.1, 0.15) is 4.83 Å². The maximum absolute atomic E-state index is 13.4. The Hall–Kier alpha value is -2.42. The van der Waals surface area contributed by atoms with Crippen LogP contribution in [0.5, 0.6) is 0 Å². The van der Waals surface area contributed by atoms with Gasteiger partial charge in [-0.25, -0.2) is 4.98 Å². The molecule has 1 aromatic carbocycles. The highest BCUT2D eigenvalue weighted by Gasteiger charge is 2.24. The Morgan fingerprint density at radius 2 is 2.22 bits per heavy atom. The quantitative estimate of drug-likeness (QED) is 0.196. The molecule has 0 radical (unpaired) electrons. The van der Waals surface area contributed by atoms with E-state index in [9.17, 15) is 4.79 Å². The maximum atomic E-state index is 13.4. The minimum absolute atomic E-state index is 0.00624. The molecule has 0 spiro atoms. The lowest BCUT2D eigenvalue weighted by Gasteiger charge is -2.17. The molecule has 9 heteroatoms. The van der Waals surface area contributed by atoms with Crippen molar-refractivity contribution in [2.45, 2.75) is 43.6 Å². The summed E-state index contributed by atoms with van der Waals surface area (Å²) in [4.78, 5) is 20.4. The van der Waals surface area contributed by atoms with Gasteiger partial charge >= 0.3 is 0 Å². The fourth-order valence-corrected chi connectivity index (χ4v) is 6.47. The van der Waals surface area contributed by atoms with E-state index in [-0.39, 0.29) is 5.56 Å². The van der Waals surface area contributed by atoms with Crippen LogP contribution in [0.15, 0.2) is 51.3 Å². The van der Waals surface area contributed by atoms with Gasteiger partial charge in [-0.05, 0) is 42.9 Å². The van der Waals surface area contributed by atoms with E-state index in [1.54, 1.807) is 28.0 Å². The predicted molar refractivity (Wildman–Crippen MR) is 130 cm³/mol. The predicted octanol–water partition coefficient (Wildman–Crippen LogP) is 5.76. The zero-order chi connectivity index (χ0) is 22.2. The van der Waals surface area contributed by atoms with Gasteiger partial charge in [0.2, 0.25) is 11.8 Å². The largest absolute Gasteiger partial charge is 0.420 e. The minimum Gasteiger partial charge on any atom is -0.420 e. The second-order valence-electron chi connectivity index (χ2n) is 7.90. The molecule has 1 aliphatic carbocycles. The summed E-state index contributed by atoms with van der Waals surface area (Å²) in [7, 11) is 0. The lowest BCUT2D eigenvalue weighted by atomic mass is 9.89. The number of halogens is 1. The molecule has 0 saturated carbocycles. The Morgan fingerprint density at radius 1 is 1.38 bits per heavy atom. The van der Waals surface area contributed by atoms with Crippen molar-refractivity contribution in [2.24, 2.45) is 5.92 Å². The highest BCUT2D eigenvalue weighted by Crippen LogP contribution is 2.37. The first-order chi connectivity index (χ1) is 15.5. The van der Waals surface area contributed by atoms with Crippen molar-refractivity contribution >= 4 is 44.9 Å². The van der Waals surface area contributed by atoms with Crippen molar-refractivity contribution < 1.29 is 4.42 Å². The van der Waals surface area contributed by atoms with E-state index in [0.29, 0.717) is 45.7 Å². The number of rotatable bonds is 6. The van der Waals surface area contributed by atoms with Gasteiger partial charge in [-0.3, -0.25) is 9.36 Å². The minimum atomic E-state index is 0.00624. The number of benzene rings is 1. The number of allylic oxidation sites excluding steroid dienone is 1. The molecule has 164 valence electrons. The Morgan fingerprint density at radius 3 is 3.03 bits per heavy atom. The average Bonchev–Trinajstić information content (AvgIpc) is 3.39. The Labute approximate surface area is 198 Å². The van der Waals surface area contributed by atoms with Gasteiger partial charge in [-0.15, -0.1) is 28.1 Å². The van der Waals surface area contributed by atoms with Crippen LogP contribution in [0.2, 0.25) is 5.02 Å². The zero-order valence-corrected chi connectivity index (χ0v) is 19.9. The van der Waals surface area contributed by atoms with Crippen LogP contribution in [0.3, 0.4) is 0 Å². The van der Waals surface area contributed by atoms with Crippen molar-refractivity contribution in [2.75, 3.05) is 0 Å². The number of aryl methyl sites for hydroxylation is 1. The van der Waals surface area contributed by atoms with E-state index in [1.165, 1.54) is 22.2 Å². The molecule has 0 unspecified atom stereocenters. The summed E-state index contributed by atoms with van der Waals surface area (Å²) in [5.41, 5.74) is 1.89. The summed E-state index contributed by atoms with van der Waals surface area (Å²) in [5, 5.41) is 10.2. The van der Waals surface area contributed by atoms with Gasteiger partial charge < -0.3 is 4.42 Å². The number of thiophene rings is 1. The van der Waals surface area contributed by atoms with Crippen molar-refractivity contribution in [3.8, 4) is 11.5 Å². The molecule has 5 rings (SSSR count). The van der Waals surface area contributed by atoms with Gasteiger partial charge in [0.15, 0.2) is 5.16 Å². The van der Waals surface area contributed by atoms with E-state index < -0.39 is 0 Å². The summed E-state index contributed by atoms with van der Waals surface area (Å²) >= 11 is 9.30. The standard InChI is InChI=1S/C23H21ClN4O2S2/c1-3-10-28-22(29)19-15-9-8-13(2)11-17(15)32-21(19)25-23(28)31-12-18-26-27-20(30-18)14-6-4-5-7-16(14)24/h3-7,13H,1,8-12H2,2H3/t13-/m1/s1. The highest BCUT2D eigenvalue weighted by molar-refractivity contribution is 7.98. The van der Waals surface area contributed by atoms with E-state index in [1.807, 2.05) is 18.2 Å². The van der Waals surface area contributed by atoms with Crippen LogP contribution < -0.4 is 5.56 Å². The number of thioether (sulfide) groups is 1. The second-order valence-corrected chi connectivity index (χ2v) is 10.3. The first-order valence-corrected chi connectivity index (χ1v) is 12.6. The van der Waals surface area contributed by atoms with Crippen molar-refractivity contribution in [3.63, 3.8) is 0 Å². The molecule has 3 heterocycles. The molecule has 0 saturated heterocycles. The molecule has 0 fully saturated rings. The van der Waals surface area contributed by atoms with Crippen LogP contribution in [-0.4, -0.2) is 19.7 Å². The van der Waals surface area contributed by atoms with Crippen molar-refractivity contribution in [1.29, 1.82) is 0 Å². The first kappa shape index (κ1) is 21.4. The monoisotopic (exact) mass is 484 g/mol. The molecule has 0 amide bonds. The van der Waals surface area contributed by atoms with Gasteiger partial charge in [0.05, 0.1) is 21.7 Å². The smallest absolute Gasteiger partial charge is 0.263 e. The molecule has 0 N–H and O–H groups in total. The van der Waals surface area contributed by atoms with Crippen molar-refractivity contribution in [1.82, 2.24) is 19.7 Å². The number of hydrogen-bond acceptors (Lipinski definition) is 7. The van der Waals surface area contributed by atoms with Crippen LogP contribution >= 0.6 is 34.7 Å². The topological polar surface area (TPSA) is 73.8 Å². The van der Waals surface area contributed by atoms with Crippen LogP contribution in [-0.2, 0) is 25.1 Å². The van der Waals surface area contributed by atoms with Crippen molar-refractivity contribution in [3.05, 3.63) is 68.6 Å². The Bertz CT molecular complexity index is 1370. The van der Waals surface area contributed by atoms with E-state index in [2.05, 4.69) is 23.7 Å². The fourth-order valence-electron chi connectivity index (χ4n) is 3.99. The normalized spacial score (nSPS) is 15.8. The number of aromatic nitrogens is 4. The average molecular weight is 485 g/mol. The Kier molecular flexibility index (Phi) is 5.92. The molecule has 4 aromatic rings. The number of hydrogen-bond donors (Lipinski definition) is 0. The van der Waals surface area contributed by atoms with Gasteiger partial charge in [-0.2, -0.15) is 0 Å². The molecular weight excluding hydrogens is 464 g/mol. The first-order valence-electron chi connectivity index (χ1n) is 10.4. The third-order valence-electron chi connectivity index (χ3n) is 5.59. The summed E-state index contributed by atoms with van der Waals surface area (Å²) in [6, 6.07) is 7.34. The lowest BCUT2D eigenvalue weighted by molar-refractivity contribution is 0.509. The molecule has 32 heavy (non-hydrogen) atoms. The van der Waals surface area contributed by atoms with Gasteiger partial charge in [0.25, 0.3) is 5.56 Å². The Balaban J connectivity index is 1.47. The number of fused-ring (bicyclic) bond motifs is 3. The summed E-state index contributed by atoms with van der Waals surface area (Å²) in [6.45, 7) is 6.49. The highest BCUT2D eigenvalue weighted by atomic mass is 35.5. The molecule has 3 aromatic heterocycles. The van der Waals surface area contributed by atoms with Crippen LogP contribution in [0, 0.1) is 5.92 Å².